The fraction of sp³-hybridized carbons (Fsp3) is 0.176. The topological polar surface area (TPSA) is 126 Å². The van der Waals surface area contributed by atoms with E-state index in [0.717, 1.165) is 11.3 Å². The van der Waals surface area contributed by atoms with Crippen LogP contribution in [0.3, 0.4) is 0 Å². The molecule has 130 valence electrons. The number of halogens is 1. The highest BCUT2D eigenvalue weighted by Crippen LogP contribution is 2.40. The molecular formula is C17H12FN5O2S. The molecule has 0 aliphatic carbocycles. The molecule has 0 fully saturated rings. The maximum Gasteiger partial charge on any atom is 0.257 e. The zero-order chi connectivity index (χ0) is 18.8. The Hall–Kier alpha value is -3.43. The van der Waals surface area contributed by atoms with Gasteiger partial charge in [0.05, 0.1) is 23.6 Å². The van der Waals surface area contributed by atoms with Crippen molar-refractivity contribution in [1.29, 1.82) is 10.5 Å². The van der Waals surface area contributed by atoms with E-state index in [9.17, 15) is 24.8 Å². The van der Waals surface area contributed by atoms with Gasteiger partial charge in [0.1, 0.15) is 22.2 Å². The number of pyridine rings is 1. The van der Waals surface area contributed by atoms with Crippen LogP contribution in [0.4, 0.5) is 9.52 Å². The fourth-order valence-electron chi connectivity index (χ4n) is 2.77. The van der Waals surface area contributed by atoms with Crippen LogP contribution in [0.1, 0.15) is 17.0 Å². The number of aromatic nitrogens is 2. The molecular weight excluding hydrogens is 357 g/mol. The Bertz CT molecular complexity index is 1110. The number of thiazole rings is 1. The minimum Gasteiger partial charge on any atom is -0.506 e. The standard InChI is InChI=1S/C17H12FN5O2S/c1-21-17-23-15-14(26-17)13(24)12(16(25)22-15)11(8(6-19)7-20)9-4-2-3-5-10(9)18/h2-5,8,11H,1H3,(H3,21,22,23,24,25)/t11-/m0/s1. The van der Waals surface area contributed by atoms with E-state index >= 15 is 0 Å². The Balaban J connectivity index is 2.35. The molecule has 0 spiro atoms. The van der Waals surface area contributed by atoms with Gasteiger partial charge in [-0.25, -0.2) is 9.37 Å². The number of benzene rings is 1. The van der Waals surface area contributed by atoms with Crippen LogP contribution in [0.2, 0.25) is 0 Å². The molecule has 1 atom stereocenters. The molecule has 2 aromatic heterocycles. The van der Waals surface area contributed by atoms with Crippen LogP contribution in [0.5, 0.6) is 5.75 Å². The Morgan fingerprint density at radius 1 is 1.35 bits per heavy atom. The Morgan fingerprint density at radius 3 is 2.65 bits per heavy atom. The van der Waals surface area contributed by atoms with Gasteiger partial charge in [-0.05, 0) is 11.6 Å². The van der Waals surface area contributed by atoms with E-state index in [-0.39, 0.29) is 21.5 Å². The van der Waals surface area contributed by atoms with Gasteiger partial charge >= 0.3 is 0 Å². The summed E-state index contributed by atoms with van der Waals surface area (Å²) < 4.78 is 14.6. The van der Waals surface area contributed by atoms with Gasteiger partial charge in [-0.1, -0.05) is 29.5 Å². The van der Waals surface area contributed by atoms with E-state index in [2.05, 4.69) is 15.3 Å². The van der Waals surface area contributed by atoms with Crippen molar-refractivity contribution < 1.29 is 9.50 Å². The minimum absolute atomic E-state index is 0.0147. The van der Waals surface area contributed by atoms with Crippen molar-refractivity contribution in [3.05, 3.63) is 51.6 Å². The van der Waals surface area contributed by atoms with Gasteiger partial charge < -0.3 is 15.4 Å². The highest BCUT2D eigenvalue weighted by molar-refractivity contribution is 7.22. The van der Waals surface area contributed by atoms with Crippen molar-refractivity contribution >= 4 is 26.8 Å². The van der Waals surface area contributed by atoms with Gasteiger partial charge in [-0.2, -0.15) is 10.5 Å². The molecule has 0 saturated carbocycles. The highest BCUT2D eigenvalue weighted by atomic mass is 32.1. The average Bonchev–Trinajstić information content (AvgIpc) is 3.05. The van der Waals surface area contributed by atoms with E-state index in [1.54, 1.807) is 19.2 Å². The van der Waals surface area contributed by atoms with E-state index in [4.69, 9.17) is 0 Å². The van der Waals surface area contributed by atoms with Gasteiger partial charge in [0.2, 0.25) is 0 Å². The summed E-state index contributed by atoms with van der Waals surface area (Å²) in [6, 6.07) is 9.11. The summed E-state index contributed by atoms with van der Waals surface area (Å²) in [5.41, 5.74) is -0.809. The lowest BCUT2D eigenvalue weighted by molar-refractivity contribution is 0.464. The first-order valence-electron chi connectivity index (χ1n) is 7.48. The van der Waals surface area contributed by atoms with Crippen molar-refractivity contribution in [3.8, 4) is 17.9 Å². The smallest absolute Gasteiger partial charge is 0.257 e. The van der Waals surface area contributed by atoms with E-state index in [1.807, 2.05) is 0 Å². The van der Waals surface area contributed by atoms with Gasteiger partial charge in [-0.3, -0.25) is 4.79 Å². The van der Waals surface area contributed by atoms with Crippen LogP contribution in [0, 0.1) is 34.4 Å². The van der Waals surface area contributed by atoms with Crippen molar-refractivity contribution in [2.75, 3.05) is 12.4 Å². The number of fused-ring (bicyclic) bond motifs is 1. The van der Waals surface area contributed by atoms with Crippen LogP contribution in [-0.4, -0.2) is 22.1 Å². The number of rotatable bonds is 4. The van der Waals surface area contributed by atoms with Crippen molar-refractivity contribution in [1.82, 2.24) is 9.97 Å². The molecule has 0 bridgehead atoms. The summed E-state index contributed by atoms with van der Waals surface area (Å²) in [5, 5.41) is 32.6. The van der Waals surface area contributed by atoms with Crippen molar-refractivity contribution in [2.45, 2.75) is 5.92 Å². The normalized spacial score (nSPS) is 11.9. The SMILES string of the molecule is CNc1nc2[nH]c(=O)c([C@H](c3ccccc3F)C(C#N)C#N)c(O)c2s1. The molecule has 0 unspecified atom stereocenters. The molecule has 0 radical (unpaired) electrons. The molecule has 26 heavy (non-hydrogen) atoms. The number of nitrogens with one attached hydrogen (secondary N) is 2. The lowest BCUT2D eigenvalue weighted by Gasteiger charge is -2.19. The van der Waals surface area contributed by atoms with Crippen LogP contribution in [0.15, 0.2) is 29.1 Å². The number of nitriles is 2. The molecule has 3 N–H and O–H groups in total. The monoisotopic (exact) mass is 369 g/mol. The molecule has 0 amide bonds. The van der Waals surface area contributed by atoms with Crippen LogP contribution < -0.4 is 10.9 Å². The number of anilines is 1. The third-order valence-electron chi connectivity index (χ3n) is 3.95. The predicted octanol–water partition coefficient (Wildman–Crippen LogP) is 2.67. The number of nitrogens with zero attached hydrogens (tertiary/aromatic N) is 3. The second kappa shape index (κ2) is 6.82. The average molecular weight is 369 g/mol. The second-order valence-electron chi connectivity index (χ2n) is 5.40. The fourth-order valence-corrected chi connectivity index (χ4v) is 3.60. The van der Waals surface area contributed by atoms with Gasteiger partial charge in [-0.15, -0.1) is 0 Å². The number of hydrogen-bond donors (Lipinski definition) is 3. The molecule has 1 aromatic carbocycles. The number of aromatic hydroxyl groups is 1. The Kier molecular flexibility index (Phi) is 4.57. The van der Waals surface area contributed by atoms with Crippen LogP contribution in [-0.2, 0) is 0 Å². The number of aromatic amines is 1. The first-order chi connectivity index (χ1) is 12.5. The predicted molar refractivity (Wildman–Crippen MR) is 94.4 cm³/mol. The summed E-state index contributed by atoms with van der Waals surface area (Å²) in [4.78, 5) is 19.2. The van der Waals surface area contributed by atoms with E-state index < -0.39 is 29.0 Å². The largest absolute Gasteiger partial charge is 0.506 e. The quantitative estimate of drug-likeness (QED) is 0.649. The van der Waals surface area contributed by atoms with E-state index in [1.165, 1.54) is 24.3 Å². The maximum atomic E-state index is 14.4. The summed E-state index contributed by atoms with van der Waals surface area (Å²) in [5.74, 6) is -3.70. The first-order valence-corrected chi connectivity index (χ1v) is 8.30. The summed E-state index contributed by atoms with van der Waals surface area (Å²) in [7, 11) is 1.64. The second-order valence-corrected chi connectivity index (χ2v) is 6.40. The molecule has 0 saturated heterocycles. The highest BCUT2D eigenvalue weighted by Gasteiger charge is 2.33. The lowest BCUT2D eigenvalue weighted by atomic mass is 9.82. The lowest BCUT2D eigenvalue weighted by Crippen LogP contribution is -2.23. The first kappa shape index (κ1) is 17.4. The van der Waals surface area contributed by atoms with Crippen molar-refractivity contribution in [3.63, 3.8) is 0 Å². The van der Waals surface area contributed by atoms with E-state index in [0.29, 0.717) is 5.13 Å². The van der Waals surface area contributed by atoms with Gasteiger partial charge in [0.25, 0.3) is 5.56 Å². The van der Waals surface area contributed by atoms with Gasteiger partial charge in [0, 0.05) is 7.05 Å². The third kappa shape index (κ3) is 2.75. The molecule has 3 rings (SSSR count). The van der Waals surface area contributed by atoms with Crippen LogP contribution in [0.25, 0.3) is 10.3 Å². The molecule has 3 aromatic rings. The molecule has 7 nitrogen and oxygen atoms in total. The molecule has 0 aliphatic heterocycles. The molecule has 2 heterocycles. The van der Waals surface area contributed by atoms with Gasteiger partial charge in [0.15, 0.2) is 10.8 Å². The Morgan fingerprint density at radius 2 is 2.04 bits per heavy atom. The van der Waals surface area contributed by atoms with Crippen molar-refractivity contribution in [2.24, 2.45) is 5.92 Å². The minimum atomic E-state index is -1.37. The third-order valence-corrected chi connectivity index (χ3v) is 5.03. The maximum absolute atomic E-state index is 14.4. The summed E-state index contributed by atoms with van der Waals surface area (Å²) in [6.07, 6.45) is 0. The van der Waals surface area contributed by atoms with Crippen LogP contribution >= 0.6 is 11.3 Å². The summed E-state index contributed by atoms with van der Waals surface area (Å²) in [6.45, 7) is 0. The number of H-pyrrole nitrogens is 1. The Labute approximate surface area is 151 Å². The summed E-state index contributed by atoms with van der Waals surface area (Å²) >= 11 is 1.09. The zero-order valence-corrected chi connectivity index (χ0v) is 14.3. The number of hydrogen-bond acceptors (Lipinski definition) is 7. The molecule has 0 aliphatic rings. The zero-order valence-electron chi connectivity index (χ0n) is 13.4. The molecule has 9 heteroatoms.